The Morgan fingerprint density at radius 3 is 2.94 bits per heavy atom. The first-order valence-corrected chi connectivity index (χ1v) is 5.78. The van der Waals surface area contributed by atoms with E-state index in [2.05, 4.69) is 10.3 Å². The number of rotatable bonds is 6. The third-order valence-electron chi connectivity index (χ3n) is 2.92. The fourth-order valence-corrected chi connectivity index (χ4v) is 1.81. The number of anilines is 1. The minimum atomic E-state index is -0.665. The largest absolute Gasteiger partial charge is 0.379 e. The zero-order valence-corrected chi connectivity index (χ0v) is 9.44. The third kappa shape index (κ3) is 3.05. The SMILES string of the molecule is O=c1[nH]ccc(NCCCC2CC2)c1[N+](=O)[O-]. The molecule has 1 aromatic rings. The molecule has 6 heteroatoms. The van der Waals surface area contributed by atoms with Gasteiger partial charge in [-0.25, -0.2) is 0 Å². The Kier molecular flexibility index (Phi) is 3.41. The van der Waals surface area contributed by atoms with Crippen molar-refractivity contribution < 1.29 is 4.92 Å². The van der Waals surface area contributed by atoms with Crippen molar-refractivity contribution in [2.24, 2.45) is 5.92 Å². The summed E-state index contributed by atoms with van der Waals surface area (Å²) < 4.78 is 0. The molecule has 0 saturated heterocycles. The van der Waals surface area contributed by atoms with Crippen LogP contribution in [-0.4, -0.2) is 16.5 Å². The van der Waals surface area contributed by atoms with Crippen LogP contribution in [0.15, 0.2) is 17.1 Å². The smallest absolute Gasteiger partial charge is 0.356 e. The van der Waals surface area contributed by atoms with E-state index < -0.39 is 16.2 Å². The van der Waals surface area contributed by atoms with E-state index in [4.69, 9.17) is 0 Å². The van der Waals surface area contributed by atoms with Crippen molar-refractivity contribution in [3.05, 3.63) is 32.7 Å². The summed E-state index contributed by atoms with van der Waals surface area (Å²) in [5.41, 5.74) is -0.768. The molecule has 0 amide bonds. The first-order chi connectivity index (χ1) is 8.18. The van der Waals surface area contributed by atoms with Crippen LogP contribution in [0.2, 0.25) is 0 Å². The highest BCUT2D eigenvalue weighted by Crippen LogP contribution is 2.33. The van der Waals surface area contributed by atoms with Crippen LogP contribution >= 0.6 is 0 Å². The summed E-state index contributed by atoms with van der Waals surface area (Å²) in [5, 5.41) is 13.7. The van der Waals surface area contributed by atoms with Gasteiger partial charge >= 0.3 is 11.2 Å². The lowest BCUT2D eigenvalue weighted by molar-refractivity contribution is -0.385. The van der Waals surface area contributed by atoms with Crippen LogP contribution in [-0.2, 0) is 0 Å². The molecule has 0 bridgehead atoms. The molecule has 1 aromatic heterocycles. The van der Waals surface area contributed by atoms with Crippen LogP contribution in [0.3, 0.4) is 0 Å². The molecular formula is C11H15N3O3. The van der Waals surface area contributed by atoms with Crippen molar-refractivity contribution in [1.29, 1.82) is 0 Å². The van der Waals surface area contributed by atoms with Crippen LogP contribution < -0.4 is 10.9 Å². The molecular weight excluding hydrogens is 222 g/mol. The van der Waals surface area contributed by atoms with E-state index in [-0.39, 0.29) is 0 Å². The standard InChI is InChI=1S/C11H15N3O3/c15-11-10(14(16)17)9(5-7-13-11)12-6-1-2-8-3-4-8/h5,7-8H,1-4,6H2,(H2,12,13,15). The van der Waals surface area contributed by atoms with Crippen LogP contribution in [0.5, 0.6) is 0 Å². The molecule has 6 nitrogen and oxygen atoms in total. The van der Waals surface area contributed by atoms with Gasteiger partial charge in [0.2, 0.25) is 0 Å². The highest BCUT2D eigenvalue weighted by Gasteiger charge is 2.21. The molecule has 0 atom stereocenters. The molecule has 1 saturated carbocycles. The first kappa shape index (κ1) is 11.6. The van der Waals surface area contributed by atoms with E-state index in [9.17, 15) is 14.9 Å². The average molecular weight is 237 g/mol. The van der Waals surface area contributed by atoms with Crippen molar-refractivity contribution in [2.45, 2.75) is 25.7 Å². The van der Waals surface area contributed by atoms with Gasteiger partial charge < -0.3 is 10.3 Å². The maximum absolute atomic E-state index is 11.3. The average Bonchev–Trinajstić information content (AvgIpc) is 3.07. The first-order valence-electron chi connectivity index (χ1n) is 5.78. The zero-order chi connectivity index (χ0) is 12.3. The molecule has 0 radical (unpaired) electrons. The lowest BCUT2D eigenvalue weighted by Crippen LogP contribution is -2.14. The van der Waals surface area contributed by atoms with Crippen LogP contribution in [0, 0.1) is 16.0 Å². The Labute approximate surface area is 98.2 Å². The summed E-state index contributed by atoms with van der Waals surface area (Å²) in [7, 11) is 0. The predicted molar refractivity (Wildman–Crippen MR) is 64.2 cm³/mol. The maximum atomic E-state index is 11.3. The third-order valence-corrected chi connectivity index (χ3v) is 2.92. The Morgan fingerprint density at radius 2 is 2.29 bits per heavy atom. The van der Waals surface area contributed by atoms with Crippen molar-refractivity contribution >= 4 is 11.4 Å². The number of hydrogen-bond acceptors (Lipinski definition) is 4. The molecule has 1 aliphatic carbocycles. The molecule has 0 spiro atoms. The van der Waals surface area contributed by atoms with Crippen molar-refractivity contribution in [2.75, 3.05) is 11.9 Å². The molecule has 1 aliphatic rings. The van der Waals surface area contributed by atoms with Gasteiger partial charge in [0.1, 0.15) is 5.69 Å². The summed E-state index contributed by atoms with van der Waals surface area (Å²) in [6, 6.07) is 1.52. The second-order valence-corrected chi connectivity index (χ2v) is 4.34. The van der Waals surface area contributed by atoms with Crippen LogP contribution in [0.1, 0.15) is 25.7 Å². The quantitative estimate of drug-likeness (QED) is 0.449. The molecule has 1 heterocycles. The van der Waals surface area contributed by atoms with E-state index in [1.54, 1.807) is 0 Å². The summed E-state index contributed by atoms with van der Waals surface area (Å²) in [6.45, 7) is 0.667. The molecule has 2 N–H and O–H groups in total. The van der Waals surface area contributed by atoms with Crippen molar-refractivity contribution in [3.63, 3.8) is 0 Å². The number of H-pyrrole nitrogens is 1. The number of nitro groups is 1. The number of nitrogens with one attached hydrogen (secondary N) is 2. The van der Waals surface area contributed by atoms with Crippen LogP contribution in [0.25, 0.3) is 0 Å². The minimum Gasteiger partial charge on any atom is -0.379 e. The fourth-order valence-electron chi connectivity index (χ4n) is 1.81. The van der Waals surface area contributed by atoms with Gasteiger partial charge in [0, 0.05) is 12.7 Å². The number of aromatic nitrogens is 1. The van der Waals surface area contributed by atoms with Gasteiger partial charge in [0.15, 0.2) is 0 Å². The molecule has 0 aromatic carbocycles. The topological polar surface area (TPSA) is 88.0 Å². The zero-order valence-electron chi connectivity index (χ0n) is 9.44. The van der Waals surface area contributed by atoms with E-state index >= 15 is 0 Å². The van der Waals surface area contributed by atoms with Gasteiger partial charge in [-0.15, -0.1) is 0 Å². The van der Waals surface area contributed by atoms with Crippen molar-refractivity contribution in [1.82, 2.24) is 4.98 Å². The summed E-state index contributed by atoms with van der Waals surface area (Å²) >= 11 is 0. The van der Waals surface area contributed by atoms with E-state index in [0.717, 1.165) is 18.8 Å². The second-order valence-electron chi connectivity index (χ2n) is 4.34. The Bertz CT molecular complexity index is 465. The molecule has 1 fully saturated rings. The number of aromatic amines is 1. The van der Waals surface area contributed by atoms with Crippen molar-refractivity contribution in [3.8, 4) is 0 Å². The summed E-state index contributed by atoms with van der Waals surface area (Å²) in [4.78, 5) is 23.7. The molecule has 92 valence electrons. The summed E-state index contributed by atoms with van der Waals surface area (Å²) in [5.74, 6) is 0.853. The van der Waals surface area contributed by atoms with E-state index in [0.29, 0.717) is 12.2 Å². The second kappa shape index (κ2) is 4.99. The number of pyridine rings is 1. The van der Waals surface area contributed by atoms with Gasteiger partial charge in [-0.3, -0.25) is 14.9 Å². The Balaban J connectivity index is 1.96. The fraction of sp³-hybridized carbons (Fsp3) is 0.545. The molecule has 2 rings (SSSR count). The van der Waals surface area contributed by atoms with Crippen LogP contribution in [0.4, 0.5) is 11.4 Å². The normalized spacial score (nSPS) is 14.6. The van der Waals surface area contributed by atoms with Gasteiger partial charge in [-0.2, -0.15) is 0 Å². The van der Waals surface area contributed by atoms with Gasteiger partial charge in [-0.05, 0) is 24.8 Å². The van der Waals surface area contributed by atoms with Gasteiger partial charge in [-0.1, -0.05) is 12.8 Å². The lowest BCUT2D eigenvalue weighted by atomic mass is 10.2. The molecule has 17 heavy (non-hydrogen) atoms. The number of hydrogen-bond donors (Lipinski definition) is 2. The minimum absolute atomic E-state index is 0.301. The van der Waals surface area contributed by atoms with E-state index in [1.807, 2.05) is 0 Å². The predicted octanol–water partition coefficient (Wildman–Crippen LogP) is 1.89. The Hall–Kier alpha value is -1.85. The summed E-state index contributed by atoms with van der Waals surface area (Å²) in [6.07, 6.45) is 6.17. The number of nitrogens with zero attached hydrogens (tertiary/aromatic N) is 1. The highest BCUT2D eigenvalue weighted by atomic mass is 16.6. The molecule has 0 unspecified atom stereocenters. The highest BCUT2D eigenvalue weighted by molar-refractivity contribution is 5.59. The Morgan fingerprint density at radius 1 is 1.53 bits per heavy atom. The van der Waals surface area contributed by atoms with Gasteiger partial charge in [0.25, 0.3) is 0 Å². The lowest BCUT2D eigenvalue weighted by Gasteiger charge is -2.05. The maximum Gasteiger partial charge on any atom is 0.356 e. The van der Waals surface area contributed by atoms with Gasteiger partial charge in [0.05, 0.1) is 4.92 Å². The van der Waals surface area contributed by atoms with E-state index in [1.165, 1.54) is 25.1 Å². The monoisotopic (exact) mass is 237 g/mol. The molecule has 0 aliphatic heterocycles.